The Morgan fingerprint density at radius 1 is 0.935 bits per heavy atom. The number of aryl methyl sites for hydroxylation is 1. The normalized spacial score (nSPS) is 11.4. The molecule has 0 spiro atoms. The lowest BCUT2D eigenvalue weighted by Crippen LogP contribution is -2.37. The smallest absolute Gasteiger partial charge is 0.279 e. The predicted octanol–water partition coefficient (Wildman–Crippen LogP) is 1.65. The summed E-state index contributed by atoms with van der Waals surface area (Å²) in [6, 6.07) is 15.1. The second kappa shape index (κ2) is 6.49. The molecule has 0 saturated heterocycles. The Bertz CT molecular complexity index is 1610. The molecule has 0 atom stereocenters. The van der Waals surface area contributed by atoms with Crippen LogP contribution in [0.3, 0.4) is 0 Å². The lowest BCUT2D eigenvalue weighted by Gasteiger charge is -2.04. The molecule has 0 N–H and O–H groups in total. The number of imidazole rings is 1. The van der Waals surface area contributed by atoms with Gasteiger partial charge in [0.15, 0.2) is 17.0 Å². The highest BCUT2D eigenvalue weighted by Crippen LogP contribution is 2.26. The van der Waals surface area contributed by atoms with Crippen LogP contribution in [0.1, 0.15) is 0 Å². The zero-order valence-electron chi connectivity index (χ0n) is 16.5. The molecule has 11 heteroatoms. The first-order valence-electron chi connectivity index (χ1n) is 9.26. The van der Waals surface area contributed by atoms with E-state index in [1.54, 1.807) is 23.6 Å². The molecule has 5 rings (SSSR count). The van der Waals surface area contributed by atoms with Crippen molar-refractivity contribution in [2.24, 2.45) is 14.1 Å². The Balaban J connectivity index is 1.93. The minimum absolute atomic E-state index is 0.0556. The van der Waals surface area contributed by atoms with E-state index in [2.05, 4.69) is 10.1 Å². The molecule has 11 nitrogen and oxygen atoms in total. The Morgan fingerprint density at radius 3 is 2.26 bits per heavy atom. The number of rotatable bonds is 3. The van der Waals surface area contributed by atoms with Crippen molar-refractivity contribution >= 4 is 22.6 Å². The van der Waals surface area contributed by atoms with Crippen LogP contribution >= 0.6 is 0 Å². The van der Waals surface area contributed by atoms with Crippen LogP contribution in [0.15, 0.2) is 64.2 Å². The molecule has 3 heterocycles. The lowest BCUT2D eigenvalue weighted by atomic mass is 10.2. The SMILES string of the molecule is Cn1c(=O)c2c(nc3n(-c4ccc([N+](=O)[O-])cc4)nc(-c4ccccc4)n23)n(C)c1=O. The summed E-state index contributed by atoms with van der Waals surface area (Å²) in [5.41, 5.74) is 0.656. The predicted molar refractivity (Wildman–Crippen MR) is 112 cm³/mol. The number of hydrogen-bond donors (Lipinski definition) is 0. The fraction of sp³-hybridized carbons (Fsp3) is 0.100. The molecule has 2 aromatic carbocycles. The van der Waals surface area contributed by atoms with Crippen LogP contribution in [0.4, 0.5) is 5.69 Å². The van der Waals surface area contributed by atoms with Crippen molar-refractivity contribution in [1.82, 2.24) is 28.3 Å². The van der Waals surface area contributed by atoms with Crippen molar-refractivity contribution in [2.75, 3.05) is 0 Å². The number of nitro groups is 1. The van der Waals surface area contributed by atoms with Gasteiger partial charge in [-0.2, -0.15) is 9.67 Å². The minimum atomic E-state index is -0.494. The molecule has 0 fully saturated rings. The van der Waals surface area contributed by atoms with Gasteiger partial charge in [0.2, 0.25) is 5.78 Å². The fourth-order valence-corrected chi connectivity index (χ4v) is 3.57. The van der Waals surface area contributed by atoms with Crippen LogP contribution in [0.2, 0.25) is 0 Å². The number of fused-ring (bicyclic) bond motifs is 3. The summed E-state index contributed by atoms with van der Waals surface area (Å²) in [7, 11) is 2.95. The first kappa shape index (κ1) is 18.5. The van der Waals surface area contributed by atoms with Crippen LogP contribution in [-0.4, -0.2) is 33.2 Å². The van der Waals surface area contributed by atoms with Crippen LogP contribution in [0, 0.1) is 10.1 Å². The standard InChI is InChI=1S/C20H15N7O4/c1-23-17-15(18(28)24(2)20(23)29)25-16(12-6-4-3-5-7-12)22-26(19(25)21-17)13-8-10-14(11-9-13)27(30)31/h3-11H,1-2H3. The van der Waals surface area contributed by atoms with Crippen LogP contribution < -0.4 is 11.2 Å². The van der Waals surface area contributed by atoms with E-state index in [1.165, 1.54) is 28.4 Å². The minimum Gasteiger partial charge on any atom is -0.279 e. The summed E-state index contributed by atoms with van der Waals surface area (Å²) >= 11 is 0. The van der Waals surface area contributed by atoms with E-state index in [-0.39, 0.29) is 16.9 Å². The Kier molecular flexibility index (Phi) is 3.87. The average Bonchev–Trinajstić information content (AvgIpc) is 3.34. The van der Waals surface area contributed by atoms with Crippen LogP contribution in [0.5, 0.6) is 0 Å². The third-order valence-electron chi connectivity index (χ3n) is 5.17. The molecule has 0 radical (unpaired) electrons. The third kappa shape index (κ3) is 2.60. The first-order valence-corrected chi connectivity index (χ1v) is 9.26. The highest BCUT2D eigenvalue weighted by atomic mass is 16.6. The average molecular weight is 417 g/mol. The number of aromatic nitrogens is 6. The van der Waals surface area contributed by atoms with E-state index in [0.717, 1.165) is 10.1 Å². The second-order valence-corrected chi connectivity index (χ2v) is 7.00. The van der Waals surface area contributed by atoms with Crippen molar-refractivity contribution in [3.8, 4) is 17.1 Å². The van der Waals surface area contributed by atoms with Crippen molar-refractivity contribution < 1.29 is 4.92 Å². The highest BCUT2D eigenvalue weighted by molar-refractivity contribution is 5.79. The van der Waals surface area contributed by atoms with Crippen molar-refractivity contribution in [3.63, 3.8) is 0 Å². The summed E-state index contributed by atoms with van der Waals surface area (Å²) in [5, 5.41) is 15.7. The van der Waals surface area contributed by atoms with Crippen molar-refractivity contribution in [3.05, 3.63) is 85.5 Å². The van der Waals surface area contributed by atoms with E-state index in [1.807, 2.05) is 30.3 Å². The van der Waals surface area contributed by atoms with E-state index >= 15 is 0 Å². The zero-order valence-corrected chi connectivity index (χ0v) is 16.5. The largest absolute Gasteiger partial charge is 0.332 e. The van der Waals surface area contributed by atoms with Gasteiger partial charge in [0, 0.05) is 31.8 Å². The van der Waals surface area contributed by atoms with Gasteiger partial charge in [0.25, 0.3) is 11.2 Å². The number of nitrogens with zero attached hydrogens (tertiary/aromatic N) is 7. The second-order valence-electron chi connectivity index (χ2n) is 7.00. The summed E-state index contributed by atoms with van der Waals surface area (Å²) in [6.45, 7) is 0. The molecule has 3 aromatic heterocycles. The number of hydrogen-bond acceptors (Lipinski definition) is 6. The van der Waals surface area contributed by atoms with Gasteiger partial charge >= 0.3 is 5.69 Å². The van der Waals surface area contributed by atoms with Crippen molar-refractivity contribution in [1.29, 1.82) is 0 Å². The topological polar surface area (TPSA) is 122 Å². The van der Waals surface area contributed by atoms with E-state index in [0.29, 0.717) is 17.3 Å². The van der Waals surface area contributed by atoms with Gasteiger partial charge < -0.3 is 0 Å². The van der Waals surface area contributed by atoms with Gasteiger partial charge in [-0.3, -0.25) is 28.4 Å². The number of nitro benzene ring substituents is 1. The molecule has 5 aromatic rings. The van der Waals surface area contributed by atoms with Gasteiger partial charge in [-0.1, -0.05) is 30.3 Å². The summed E-state index contributed by atoms with van der Waals surface area (Å²) in [4.78, 5) is 40.5. The maximum Gasteiger partial charge on any atom is 0.332 e. The number of benzene rings is 2. The lowest BCUT2D eigenvalue weighted by molar-refractivity contribution is -0.384. The van der Waals surface area contributed by atoms with E-state index in [4.69, 9.17) is 0 Å². The molecule has 0 aliphatic rings. The van der Waals surface area contributed by atoms with Crippen molar-refractivity contribution in [2.45, 2.75) is 0 Å². The molecule has 0 unspecified atom stereocenters. The van der Waals surface area contributed by atoms with Gasteiger partial charge in [0.05, 0.1) is 10.6 Å². The Hall–Kier alpha value is -4.54. The molecule has 0 aliphatic carbocycles. The summed E-state index contributed by atoms with van der Waals surface area (Å²) in [5.74, 6) is 0.758. The number of non-ortho nitro benzene ring substituents is 1. The first-order chi connectivity index (χ1) is 14.9. The molecular weight excluding hydrogens is 402 g/mol. The zero-order chi connectivity index (χ0) is 21.9. The van der Waals surface area contributed by atoms with E-state index < -0.39 is 16.2 Å². The molecule has 154 valence electrons. The van der Waals surface area contributed by atoms with E-state index in [9.17, 15) is 19.7 Å². The van der Waals surface area contributed by atoms with Gasteiger partial charge in [-0.05, 0) is 12.1 Å². The molecule has 0 bridgehead atoms. The van der Waals surface area contributed by atoms with Gasteiger partial charge in [-0.25, -0.2) is 4.79 Å². The molecule has 0 aliphatic heterocycles. The fourth-order valence-electron chi connectivity index (χ4n) is 3.57. The summed E-state index contributed by atoms with van der Waals surface area (Å²) in [6.07, 6.45) is 0. The van der Waals surface area contributed by atoms with Gasteiger partial charge in [0.1, 0.15) is 0 Å². The van der Waals surface area contributed by atoms with Gasteiger partial charge in [-0.15, -0.1) is 5.10 Å². The molecule has 0 amide bonds. The Labute approximate surface area is 173 Å². The highest BCUT2D eigenvalue weighted by Gasteiger charge is 2.23. The quantitative estimate of drug-likeness (QED) is 0.325. The molecule has 0 saturated carbocycles. The monoisotopic (exact) mass is 417 g/mol. The molecule has 31 heavy (non-hydrogen) atoms. The van der Waals surface area contributed by atoms with Crippen LogP contribution in [-0.2, 0) is 14.1 Å². The molecular formula is C20H15N7O4. The summed E-state index contributed by atoms with van der Waals surface area (Å²) < 4.78 is 5.43. The maximum absolute atomic E-state index is 13.0. The maximum atomic E-state index is 13.0. The Morgan fingerprint density at radius 2 is 1.61 bits per heavy atom. The van der Waals surface area contributed by atoms with Crippen LogP contribution in [0.25, 0.3) is 34.0 Å². The third-order valence-corrected chi connectivity index (χ3v) is 5.17.